The lowest BCUT2D eigenvalue weighted by atomic mass is 9.91. The van der Waals surface area contributed by atoms with Crippen LogP contribution in [0.4, 0.5) is 0 Å². The van der Waals surface area contributed by atoms with E-state index in [0.29, 0.717) is 12.0 Å². The lowest BCUT2D eigenvalue weighted by Gasteiger charge is -2.23. The number of hydrogen-bond donors (Lipinski definition) is 1. The van der Waals surface area contributed by atoms with E-state index in [-0.39, 0.29) is 0 Å². The molecule has 1 N–H and O–H groups in total. The number of nitrogens with one attached hydrogen (secondary N) is 1. The Bertz CT molecular complexity index is 480. The van der Waals surface area contributed by atoms with Gasteiger partial charge in [-0.3, -0.25) is 0 Å². The fourth-order valence-electron chi connectivity index (χ4n) is 2.34. The molecule has 2 atom stereocenters. The zero-order valence-corrected chi connectivity index (χ0v) is 13.1. The van der Waals surface area contributed by atoms with E-state index in [1.54, 1.807) is 0 Å². The maximum Gasteiger partial charge on any atom is 0.0701 e. The van der Waals surface area contributed by atoms with Gasteiger partial charge in [0, 0.05) is 10.9 Å². The van der Waals surface area contributed by atoms with Crippen molar-refractivity contribution in [3.8, 4) is 0 Å². The highest BCUT2D eigenvalue weighted by Gasteiger charge is 2.18. The third kappa shape index (κ3) is 3.44. The molecule has 0 spiro atoms. The van der Waals surface area contributed by atoms with E-state index in [4.69, 9.17) is 0 Å². The molecule has 2 rings (SSSR count). The third-order valence-corrected chi connectivity index (χ3v) is 4.84. The second kappa shape index (κ2) is 6.50. The zero-order chi connectivity index (χ0) is 13.0. The second-order valence-corrected chi connectivity index (χ2v) is 7.11. The van der Waals surface area contributed by atoms with Crippen molar-refractivity contribution >= 4 is 27.3 Å². The van der Waals surface area contributed by atoms with Crippen molar-refractivity contribution in [3.05, 3.63) is 56.7 Å². The summed E-state index contributed by atoms with van der Waals surface area (Å²) >= 11 is 5.35. The fourth-order valence-corrected chi connectivity index (χ4v) is 3.96. The Morgan fingerprint density at radius 3 is 2.44 bits per heavy atom. The van der Waals surface area contributed by atoms with Gasteiger partial charge >= 0.3 is 0 Å². The van der Waals surface area contributed by atoms with Crippen molar-refractivity contribution < 1.29 is 0 Å². The van der Waals surface area contributed by atoms with Crippen LogP contribution in [0, 0.1) is 5.92 Å². The van der Waals surface area contributed by atoms with Gasteiger partial charge in [0.05, 0.1) is 3.79 Å². The van der Waals surface area contributed by atoms with Crippen molar-refractivity contribution in [2.75, 3.05) is 7.05 Å². The van der Waals surface area contributed by atoms with Gasteiger partial charge in [-0.05, 0) is 53.0 Å². The first-order valence-corrected chi connectivity index (χ1v) is 7.78. The molecule has 0 fully saturated rings. The predicted molar refractivity (Wildman–Crippen MR) is 83.1 cm³/mol. The van der Waals surface area contributed by atoms with Crippen molar-refractivity contribution in [2.24, 2.45) is 5.92 Å². The number of hydrogen-bond acceptors (Lipinski definition) is 2. The summed E-state index contributed by atoms with van der Waals surface area (Å²) in [6, 6.07) is 15.4. The summed E-state index contributed by atoms with van der Waals surface area (Å²) in [7, 11) is 2.04. The van der Waals surface area contributed by atoms with E-state index in [0.717, 1.165) is 6.42 Å². The topological polar surface area (TPSA) is 12.0 Å². The number of benzene rings is 1. The first kappa shape index (κ1) is 13.8. The summed E-state index contributed by atoms with van der Waals surface area (Å²) < 4.78 is 1.21. The molecular weight excluding hydrogens is 306 g/mol. The van der Waals surface area contributed by atoms with Crippen LogP contribution in [0.1, 0.15) is 23.4 Å². The molecule has 0 saturated carbocycles. The Hall–Kier alpha value is -0.640. The van der Waals surface area contributed by atoms with E-state index < -0.39 is 0 Å². The number of thiophene rings is 1. The molecule has 1 aromatic carbocycles. The minimum atomic E-state index is 0.409. The molecule has 0 radical (unpaired) electrons. The molecule has 18 heavy (non-hydrogen) atoms. The maximum absolute atomic E-state index is 3.52. The van der Waals surface area contributed by atoms with Gasteiger partial charge in [-0.2, -0.15) is 0 Å². The Balaban J connectivity index is 2.08. The standard InChI is InChI=1S/C15H18BrNS/c1-11(10-13-8-9-14(16)18-13)15(17-2)12-6-4-3-5-7-12/h3-9,11,15,17H,10H2,1-2H3. The molecule has 96 valence electrons. The first-order chi connectivity index (χ1) is 8.70. The minimum absolute atomic E-state index is 0.409. The van der Waals surface area contributed by atoms with Crippen LogP contribution >= 0.6 is 27.3 Å². The first-order valence-electron chi connectivity index (χ1n) is 6.17. The van der Waals surface area contributed by atoms with Gasteiger partial charge in [0.2, 0.25) is 0 Å². The molecule has 1 aromatic heterocycles. The summed E-state index contributed by atoms with van der Waals surface area (Å²) in [6.45, 7) is 2.31. The van der Waals surface area contributed by atoms with Gasteiger partial charge in [0.15, 0.2) is 0 Å². The number of rotatable bonds is 5. The molecule has 2 aromatic rings. The summed E-state index contributed by atoms with van der Waals surface area (Å²) in [6.07, 6.45) is 1.11. The Morgan fingerprint density at radius 1 is 1.17 bits per heavy atom. The lowest BCUT2D eigenvalue weighted by Crippen LogP contribution is -2.24. The smallest absolute Gasteiger partial charge is 0.0701 e. The van der Waals surface area contributed by atoms with Gasteiger partial charge in [0.25, 0.3) is 0 Å². The summed E-state index contributed by atoms with van der Waals surface area (Å²) in [5.41, 5.74) is 1.36. The molecule has 1 nitrogen and oxygen atoms in total. The molecule has 0 aliphatic heterocycles. The van der Waals surface area contributed by atoms with Crippen LogP contribution in [0.3, 0.4) is 0 Å². The molecule has 3 heteroatoms. The average Bonchev–Trinajstić information content (AvgIpc) is 2.77. The van der Waals surface area contributed by atoms with Crippen LogP contribution < -0.4 is 5.32 Å². The molecule has 0 bridgehead atoms. The van der Waals surface area contributed by atoms with Gasteiger partial charge in [0.1, 0.15) is 0 Å². The van der Waals surface area contributed by atoms with Crippen molar-refractivity contribution in [3.63, 3.8) is 0 Å². The second-order valence-electron chi connectivity index (χ2n) is 4.56. The highest BCUT2D eigenvalue weighted by Crippen LogP contribution is 2.29. The fraction of sp³-hybridized carbons (Fsp3) is 0.333. The summed E-state index contributed by atoms with van der Waals surface area (Å²) in [5.74, 6) is 0.572. The molecule has 0 amide bonds. The minimum Gasteiger partial charge on any atom is -0.313 e. The highest BCUT2D eigenvalue weighted by molar-refractivity contribution is 9.11. The van der Waals surface area contributed by atoms with Gasteiger partial charge in [-0.15, -0.1) is 11.3 Å². The molecular formula is C15H18BrNS. The monoisotopic (exact) mass is 323 g/mol. The molecule has 0 aliphatic rings. The van der Waals surface area contributed by atoms with Crippen LogP contribution in [0.5, 0.6) is 0 Å². The Kier molecular flexibility index (Phi) is 4.98. The Labute approximate surface area is 121 Å². The average molecular weight is 324 g/mol. The maximum atomic E-state index is 3.52. The largest absolute Gasteiger partial charge is 0.313 e. The number of halogens is 1. The third-order valence-electron chi connectivity index (χ3n) is 3.19. The zero-order valence-electron chi connectivity index (χ0n) is 10.7. The Morgan fingerprint density at radius 2 is 1.89 bits per heavy atom. The SMILES string of the molecule is CNC(c1ccccc1)C(C)Cc1ccc(Br)s1. The van der Waals surface area contributed by atoms with E-state index in [9.17, 15) is 0 Å². The van der Waals surface area contributed by atoms with E-state index in [1.165, 1.54) is 14.2 Å². The summed E-state index contributed by atoms with van der Waals surface area (Å²) in [5, 5.41) is 3.44. The highest BCUT2D eigenvalue weighted by atomic mass is 79.9. The van der Waals surface area contributed by atoms with Gasteiger partial charge in [-0.25, -0.2) is 0 Å². The van der Waals surface area contributed by atoms with Gasteiger partial charge < -0.3 is 5.32 Å². The van der Waals surface area contributed by atoms with Crippen LogP contribution in [-0.4, -0.2) is 7.05 Å². The van der Waals surface area contributed by atoms with Crippen LogP contribution in [0.15, 0.2) is 46.3 Å². The van der Waals surface area contributed by atoms with Gasteiger partial charge in [-0.1, -0.05) is 37.3 Å². The quantitative estimate of drug-likeness (QED) is 0.844. The molecule has 0 saturated heterocycles. The van der Waals surface area contributed by atoms with E-state index >= 15 is 0 Å². The van der Waals surface area contributed by atoms with E-state index in [2.05, 4.69) is 70.6 Å². The summed E-state index contributed by atoms with van der Waals surface area (Å²) in [4.78, 5) is 1.44. The molecule has 0 aliphatic carbocycles. The van der Waals surface area contributed by atoms with Crippen LogP contribution in [-0.2, 0) is 6.42 Å². The molecule has 1 heterocycles. The van der Waals surface area contributed by atoms with Crippen molar-refractivity contribution in [1.82, 2.24) is 5.32 Å². The van der Waals surface area contributed by atoms with Crippen molar-refractivity contribution in [1.29, 1.82) is 0 Å². The van der Waals surface area contributed by atoms with Crippen LogP contribution in [0.25, 0.3) is 0 Å². The van der Waals surface area contributed by atoms with Crippen LogP contribution in [0.2, 0.25) is 0 Å². The lowest BCUT2D eigenvalue weighted by molar-refractivity contribution is 0.411. The predicted octanol–water partition coefficient (Wildman–Crippen LogP) is 4.65. The van der Waals surface area contributed by atoms with E-state index in [1.807, 2.05) is 18.4 Å². The molecule has 2 unspecified atom stereocenters. The normalized spacial score (nSPS) is 14.4. The van der Waals surface area contributed by atoms with Crippen molar-refractivity contribution in [2.45, 2.75) is 19.4 Å².